The van der Waals surface area contributed by atoms with Gasteiger partial charge in [-0.1, -0.05) is 29.8 Å². The molecule has 0 unspecified atom stereocenters. The van der Waals surface area contributed by atoms with Crippen molar-refractivity contribution in [1.29, 1.82) is 0 Å². The van der Waals surface area contributed by atoms with E-state index in [4.69, 9.17) is 37.9 Å². The van der Waals surface area contributed by atoms with Crippen LogP contribution in [-0.2, 0) is 17.6 Å². The first-order chi connectivity index (χ1) is 17.5. The van der Waals surface area contributed by atoms with Gasteiger partial charge in [-0.25, -0.2) is 4.98 Å². The summed E-state index contributed by atoms with van der Waals surface area (Å²) in [5.41, 5.74) is 4.60. The SMILES string of the molecule is CN1CCN(c2ccc(Cc3nc4c(c(Oc5ccc(NC(=O)CCl)cc5)n3)C(Cl)=CC4)cc2)CC1. The lowest BCUT2D eigenvalue weighted by atomic mass is 10.1. The molecule has 0 radical (unpaired) electrons. The van der Waals surface area contributed by atoms with E-state index in [-0.39, 0.29) is 11.8 Å². The number of nitrogens with zero attached hydrogens (tertiary/aromatic N) is 4. The number of alkyl halides is 1. The van der Waals surface area contributed by atoms with Crippen LogP contribution in [0.3, 0.4) is 0 Å². The van der Waals surface area contributed by atoms with E-state index in [1.54, 1.807) is 24.3 Å². The maximum Gasteiger partial charge on any atom is 0.239 e. The molecule has 1 amide bonds. The van der Waals surface area contributed by atoms with Crippen molar-refractivity contribution in [1.82, 2.24) is 14.9 Å². The Hall–Kier alpha value is -3.13. The third-order valence-corrected chi connectivity index (χ3v) is 6.94. The molecule has 0 atom stereocenters. The van der Waals surface area contributed by atoms with E-state index in [0.717, 1.165) is 43.0 Å². The average molecular weight is 524 g/mol. The molecule has 186 valence electrons. The maximum absolute atomic E-state index is 11.5. The number of carbonyl (C=O) groups excluding carboxylic acids is 1. The molecule has 2 aliphatic rings. The summed E-state index contributed by atoms with van der Waals surface area (Å²) >= 11 is 12.0. The Morgan fingerprint density at radius 2 is 1.75 bits per heavy atom. The van der Waals surface area contributed by atoms with Gasteiger partial charge in [0.25, 0.3) is 0 Å². The second-order valence-electron chi connectivity index (χ2n) is 8.96. The lowest BCUT2D eigenvalue weighted by Gasteiger charge is -2.34. The highest BCUT2D eigenvalue weighted by molar-refractivity contribution is 6.49. The summed E-state index contributed by atoms with van der Waals surface area (Å²) in [6, 6.07) is 15.7. The first kappa shape index (κ1) is 24.6. The van der Waals surface area contributed by atoms with Gasteiger partial charge in [0.2, 0.25) is 11.8 Å². The number of likely N-dealkylation sites (N-methyl/N-ethyl adjacent to an activating group) is 1. The van der Waals surface area contributed by atoms with Crippen LogP contribution in [0, 0.1) is 0 Å². The summed E-state index contributed by atoms with van der Waals surface area (Å²) in [5.74, 6) is 1.33. The number of anilines is 2. The van der Waals surface area contributed by atoms with Crippen LogP contribution in [0.2, 0.25) is 0 Å². The quantitative estimate of drug-likeness (QED) is 0.443. The molecule has 3 aromatic rings. The van der Waals surface area contributed by atoms with Crippen LogP contribution in [0.25, 0.3) is 5.03 Å². The van der Waals surface area contributed by atoms with Gasteiger partial charge in [-0.05, 0) is 49.0 Å². The molecule has 1 N–H and O–H groups in total. The molecular formula is C27H27Cl2N5O2. The van der Waals surface area contributed by atoms with Gasteiger partial charge >= 0.3 is 0 Å². The van der Waals surface area contributed by atoms with Crippen LogP contribution in [0.5, 0.6) is 11.6 Å². The number of piperazine rings is 1. The van der Waals surface area contributed by atoms with E-state index >= 15 is 0 Å². The van der Waals surface area contributed by atoms with Crippen molar-refractivity contribution in [3.05, 3.63) is 77.3 Å². The van der Waals surface area contributed by atoms with Crippen LogP contribution in [0.4, 0.5) is 11.4 Å². The van der Waals surface area contributed by atoms with Gasteiger partial charge in [-0.3, -0.25) is 4.79 Å². The van der Waals surface area contributed by atoms with Gasteiger partial charge in [0.1, 0.15) is 17.5 Å². The van der Waals surface area contributed by atoms with Crippen LogP contribution in [0.15, 0.2) is 54.6 Å². The molecule has 2 aromatic carbocycles. The molecule has 36 heavy (non-hydrogen) atoms. The van der Waals surface area contributed by atoms with Crippen molar-refractivity contribution in [2.24, 2.45) is 0 Å². The third-order valence-electron chi connectivity index (χ3n) is 6.35. The monoisotopic (exact) mass is 523 g/mol. The number of fused-ring (bicyclic) bond motifs is 1. The van der Waals surface area contributed by atoms with Gasteiger partial charge in [0, 0.05) is 50.4 Å². The Kier molecular flexibility index (Phi) is 7.41. The van der Waals surface area contributed by atoms with Gasteiger partial charge in [0.05, 0.1) is 16.3 Å². The normalized spacial score (nSPS) is 15.4. The van der Waals surface area contributed by atoms with Crippen molar-refractivity contribution < 1.29 is 9.53 Å². The molecule has 9 heteroatoms. The van der Waals surface area contributed by atoms with Crippen molar-refractivity contribution in [2.45, 2.75) is 12.8 Å². The van der Waals surface area contributed by atoms with E-state index in [9.17, 15) is 4.79 Å². The standard InChI is InChI=1S/C27H27Cl2N5O2/c1-33-12-14-34(15-13-33)20-6-2-18(3-7-20)16-24-31-23-11-10-22(29)26(23)27(32-24)36-21-8-4-19(5-9-21)30-25(35)17-28/h2-10H,11-17H2,1H3,(H,30,35). The average Bonchev–Trinajstić information content (AvgIpc) is 3.27. The molecule has 0 spiro atoms. The van der Waals surface area contributed by atoms with E-state index in [1.165, 1.54) is 5.69 Å². The van der Waals surface area contributed by atoms with E-state index in [1.807, 2.05) is 6.08 Å². The Bertz CT molecular complexity index is 1270. The van der Waals surface area contributed by atoms with Crippen LogP contribution in [-0.4, -0.2) is 59.9 Å². The molecule has 1 fully saturated rings. The minimum Gasteiger partial charge on any atom is -0.438 e. The summed E-state index contributed by atoms with van der Waals surface area (Å²) in [6.07, 6.45) is 3.16. The maximum atomic E-state index is 11.5. The first-order valence-electron chi connectivity index (χ1n) is 11.9. The zero-order chi connectivity index (χ0) is 25.1. The number of hydrogen-bond acceptors (Lipinski definition) is 6. The summed E-state index contributed by atoms with van der Waals surface area (Å²) in [5, 5.41) is 3.30. The fraction of sp³-hybridized carbons (Fsp3) is 0.296. The van der Waals surface area contributed by atoms with Crippen molar-refractivity contribution in [2.75, 3.05) is 49.3 Å². The Labute approximate surface area is 220 Å². The van der Waals surface area contributed by atoms with Gasteiger partial charge in [-0.15, -0.1) is 11.6 Å². The number of benzene rings is 2. The lowest BCUT2D eigenvalue weighted by molar-refractivity contribution is -0.113. The van der Waals surface area contributed by atoms with E-state index in [2.05, 4.69) is 46.4 Å². The van der Waals surface area contributed by atoms with Crippen molar-refractivity contribution in [3.8, 4) is 11.6 Å². The van der Waals surface area contributed by atoms with Crippen molar-refractivity contribution >= 4 is 45.5 Å². The second-order valence-corrected chi connectivity index (χ2v) is 9.64. The number of rotatable bonds is 7. The summed E-state index contributed by atoms with van der Waals surface area (Å²) in [4.78, 5) is 25.8. The smallest absolute Gasteiger partial charge is 0.239 e. The van der Waals surface area contributed by atoms with Gasteiger partial charge < -0.3 is 19.9 Å². The van der Waals surface area contributed by atoms with Crippen LogP contribution in [0.1, 0.15) is 22.6 Å². The number of amides is 1. The number of hydrogen-bond donors (Lipinski definition) is 1. The number of carbonyl (C=O) groups is 1. The third kappa shape index (κ3) is 5.64. The Morgan fingerprint density at radius 1 is 1.03 bits per heavy atom. The van der Waals surface area contributed by atoms with Gasteiger partial charge in [0.15, 0.2) is 0 Å². The highest BCUT2D eigenvalue weighted by Gasteiger charge is 2.23. The number of halogens is 2. The lowest BCUT2D eigenvalue weighted by Crippen LogP contribution is -2.44. The van der Waals surface area contributed by atoms with E-state index in [0.29, 0.717) is 41.0 Å². The number of nitrogens with one attached hydrogen (secondary N) is 1. The molecule has 5 rings (SSSR count). The zero-order valence-electron chi connectivity index (χ0n) is 20.0. The predicted molar refractivity (Wildman–Crippen MR) is 144 cm³/mol. The molecule has 1 saturated heterocycles. The summed E-state index contributed by atoms with van der Waals surface area (Å²) in [6.45, 7) is 4.24. The fourth-order valence-corrected chi connectivity index (χ4v) is 4.68. The Morgan fingerprint density at radius 3 is 2.44 bits per heavy atom. The zero-order valence-corrected chi connectivity index (χ0v) is 21.5. The van der Waals surface area contributed by atoms with Crippen LogP contribution < -0.4 is 15.0 Å². The number of allylic oxidation sites excluding steroid dienone is 1. The predicted octanol–water partition coefficient (Wildman–Crippen LogP) is 4.92. The van der Waals surface area contributed by atoms with Gasteiger partial charge in [-0.2, -0.15) is 4.98 Å². The molecule has 1 aliphatic carbocycles. The molecule has 1 aromatic heterocycles. The largest absolute Gasteiger partial charge is 0.438 e. The Balaban J connectivity index is 1.33. The number of ether oxygens (including phenoxy) is 1. The minimum absolute atomic E-state index is 0.0997. The topological polar surface area (TPSA) is 70.6 Å². The first-order valence-corrected chi connectivity index (χ1v) is 12.8. The second kappa shape index (κ2) is 10.9. The molecule has 2 heterocycles. The fourth-order valence-electron chi connectivity index (χ4n) is 4.35. The molecule has 1 aliphatic heterocycles. The minimum atomic E-state index is -0.267. The summed E-state index contributed by atoms with van der Waals surface area (Å²) < 4.78 is 6.14. The highest BCUT2D eigenvalue weighted by atomic mass is 35.5. The van der Waals surface area contributed by atoms with E-state index < -0.39 is 0 Å². The molecule has 0 saturated carbocycles. The highest BCUT2D eigenvalue weighted by Crippen LogP contribution is 2.38. The number of aromatic nitrogens is 2. The summed E-state index contributed by atoms with van der Waals surface area (Å²) in [7, 11) is 2.16. The van der Waals surface area contributed by atoms with Crippen LogP contribution >= 0.6 is 23.2 Å². The molecule has 0 bridgehead atoms. The molecular weight excluding hydrogens is 497 g/mol. The molecule has 7 nitrogen and oxygen atoms in total. The van der Waals surface area contributed by atoms with Crippen molar-refractivity contribution in [3.63, 3.8) is 0 Å².